The Bertz CT molecular complexity index is 561. The molecule has 0 heterocycles. The number of carbonyl (C=O) groups excluding carboxylic acids is 1. The summed E-state index contributed by atoms with van der Waals surface area (Å²) in [5.74, 6) is -1.38. The SMILES string of the molecule is CC1(C(=O)O)CCCC1Nc1ccc(C(N)=O)c(Cl)c1. The van der Waals surface area contributed by atoms with Crippen molar-refractivity contribution in [3.05, 3.63) is 28.8 Å². The van der Waals surface area contributed by atoms with E-state index in [4.69, 9.17) is 17.3 Å². The van der Waals surface area contributed by atoms with Crippen molar-refractivity contribution in [1.82, 2.24) is 0 Å². The van der Waals surface area contributed by atoms with Crippen LogP contribution in [-0.4, -0.2) is 23.0 Å². The van der Waals surface area contributed by atoms with Gasteiger partial charge in [-0.1, -0.05) is 18.0 Å². The molecule has 2 unspecified atom stereocenters. The Kier molecular flexibility index (Phi) is 3.90. The first-order valence-electron chi connectivity index (χ1n) is 6.44. The zero-order valence-electron chi connectivity index (χ0n) is 11.1. The fourth-order valence-corrected chi connectivity index (χ4v) is 2.93. The Morgan fingerprint density at radius 2 is 2.20 bits per heavy atom. The Labute approximate surface area is 122 Å². The van der Waals surface area contributed by atoms with E-state index < -0.39 is 17.3 Å². The number of nitrogens with two attached hydrogens (primary N) is 1. The van der Waals surface area contributed by atoms with E-state index in [0.29, 0.717) is 12.1 Å². The Hall–Kier alpha value is -1.75. The van der Waals surface area contributed by atoms with Crippen LogP contribution in [0.3, 0.4) is 0 Å². The van der Waals surface area contributed by atoms with Gasteiger partial charge in [-0.15, -0.1) is 0 Å². The summed E-state index contributed by atoms with van der Waals surface area (Å²) in [6, 6.07) is 4.67. The van der Waals surface area contributed by atoms with Crippen molar-refractivity contribution < 1.29 is 14.7 Å². The number of amides is 1. The summed E-state index contributed by atoms with van der Waals surface area (Å²) < 4.78 is 0. The molecule has 108 valence electrons. The van der Waals surface area contributed by atoms with Crippen molar-refractivity contribution >= 4 is 29.2 Å². The molecule has 2 rings (SSSR count). The Balaban J connectivity index is 2.20. The smallest absolute Gasteiger partial charge is 0.311 e. The zero-order valence-corrected chi connectivity index (χ0v) is 11.9. The van der Waals surface area contributed by atoms with Crippen LogP contribution in [0.1, 0.15) is 36.5 Å². The third-order valence-corrected chi connectivity index (χ3v) is 4.33. The lowest BCUT2D eigenvalue weighted by molar-refractivity contribution is -0.147. The van der Waals surface area contributed by atoms with E-state index in [1.165, 1.54) is 0 Å². The molecule has 1 amide bonds. The molecule has 5 nitrogen and oxygen atoms in total. The number of anilines is 1. The van der Waals surface area contributed by atoms with Gasteiger partial charge in [0, 0.05) is 11.7 Å². The van der Waals surface area contributed by atoms with E-state index in [1.807, 2.05) is 0 Å². The minimum Gasteiger partial charge on any atom is -0.481 e. The van der Waals surface area contributed by atoms with Gasteiger partial charge in [-0.3, -0.25) is 9.59 Å². The maximum Gasteiger partial charge on any atom is 0.311 e. The number of hydrogen-bond donors (Lipinski definition) is 3. The van der Waals surface area contributed by atoms with Gasteiger partial charge in [0.05, 0.1) is 16.0 Å². The molecule has 1 aliphatic carbocycles. The first kappa shape index (κ1) is 14.7. The maximum atomic E-state index is 11.4. The van der Waals surface area contributed by atoms with Crippen molar-refractivity contribution in [3.63, 3.8) is 0 Å². The van der Waals surface area contributed by atoms with Crippen LogP contribution in [0.25, 0.3) is 0 Å². The van der Waals surface area contributed by atoms with Crippen molar-refractivity contribution in [1.29, 1.82) is 0 Å². The highest BCUT2D eigenvalue weighted by Crippen LogP contribution is 2.40. The topological polar surface area (TPSA) is 92.4 Å². The normalized spacial score (nSPS) is 25.4. The van der Waals surface area contributed by atoms with E-state index in [1.54, 1.807) is 25.1 Å². The van der Waals surface area contributed by atoms with Gasteiger partial charge in [0.2, 0.25) is 5.91 Å². The summed E-state index contributed by atoms with van der Waals surface area (Å²) in [5, 5.41) is 12.8. The van der Waals surface area contributed by atoms with E-state index in [-0.39, 0.29) is 16.6 Å². The van der Waals surface area contributed by atoms with Gasteiger partial charge in [0.15, 0.2) is 0 Å². The quantitative estimate of drug-likeness (QED) is 0.796. The molecule has 1 aromatic rings. The molecule has 1 fully saturated rings. The van der Waals surface area contributed by atoms with Crippen LogP contribution >= 0.6 is 11.6 Å². The third kappa shape index (κ3) is 2.58. The lowest BCUT2D eigenvalue weighted by Crippen LogP contribution is -2.40. The molecule has 20 heavy (non-hydrogen) atoms. The summed E-state index contributed by atoms with van der Waals surface area (Å²) >= 11 is 5.99. The average molecular weight is 297 g/mol. The fraction of sp³-hybridized carbons (Fsp3) is 0.429. The monoisotopic (exact) mass is 296 g/mol. The van der Waals surface area contributed by atoms with Crippen LogP contribution in [0, 0.1) is 5.41 Å². The van der Waals surface area contributed by atoms with Crippen LogP contribution in [-0.2, 0) is 4.79 Å². The molecule has 0 aliphatic heterocycles. The minimum atomic E-state index is -0.799. The first-order chi connectivity index (χ1) is 9.34. The number of carbonyl (C=O) groups is 2. The highest BCUT2D eigenvalue weighted by molar-refractivity contribution is 6.34. The molecular formula is C14H17ClN2O3. The molecule has 0 aromatic heterocycles. The number of hydrogen-bond acceptors (Lipinski definition) is 3. The molecule has 4 N–H and O–H groups in total. The molecule has 0 radical (unpaired) electrons. The lowest BCUT2D eigenvalue weighted by atomic mass is 9.85. The van der Waals surface area contributed by atoms with Gasteiger partial charge in [-0.2, -0.15) is 0 Å². The molecule has 2 atom stereocenters. The number of nitrogens with one attached hydrogen (secondary N) is 1. The number of benzene rings is 1. The summed E-state index contributed by atoms with van der Waals surface area (Å²) in [6.45, 7) is 1.75. The predicted molar refractivity (Wildman–Crippen MR) is 77.0 cm³/mol. The van der Waals surface area contributed by atoms with Crippen LogP contribution in [0.2, 0.25) is 5.02 Å². The average Bonchev–Trinajstić information content (AvgIpc) is 2.72. The Morgan fingerprint density at radius 1 is 1.50 bits per heavy atom. The third-order valence-electron chi connectivity index (χ3n) is 4.02. The predicted octanol–water partition coefficient (Wildman–Crippen LogP) is 2.49. The second kappa shape index (κ2) is 5.32. The molecule has 1 aliphatic rings. The van der Waals surface area contributed by atoms with Crippen molar-refractivity contribution in [2.24, 2.45) is 11.1 Å². The summed E-state index contributed by atoms with van der Waals surface area (Å²) in [7, 11) is 0. The lowest BCUT2D eigenvalue weighted by Gasteiger charge is -2.28. The number of rotatable bonds is 4. The molecule has 6 heteroatoms. The van der Waals surface area contributed by atoms with Gasteiger partial charge in [-0.25, -0.2) is 0 Å². The maximum absolute atomic E-state index is 11.4. The largest absolute Gasteiger partial charge is 0.481 e. The van der Waals surface area contributed by atoms with Crippen molar-refractivity contribution in [2.75, 3.05) is 5.32 Å². The number of primary amides is 1. The van der Waals surface area contributed by atoms with E-state index in [0.717, 1.165) is 12.8 Å². The highest BCUT2D eigenvalue weighted by atomic mass is 35.5. The molecular weight excluding hydrogens is 280 g/mol. The number of carboxylic acids is 1. The molecule has 0 bridgehead atoms. The van der Waals surface area contributed by atoms with Crippen LogP contribution in [0.4, 0.5) is 5.69 Å². The summed E-state index contributed by atoms with van der Waals surface area (Å²) in [4.78, 5) is 22.5. The second-order valence-corrected chi connectivity index (χ2v) is 5.78. The molecule has 0 spiro atoms. The molecule has 1 aromatic carbocycles. The van der Waals surface area contributed by atoms with Crippen LogP contribution < -0.4 is 11.1 Å². The van der Waals surface area contributed by atoms with Crippen LogP contribution in [0.15, 0.2) is 18.2 Å². The van der Waals surface area contributed by atoms with Crippen molar-refractivity contribution in [2.45, 2.75) is 32.2 Å². The van der Waals surface area contributed by atoms with E-state index in [2.05, 4.69) is 5.32 Å². The highest BCUT2D eigenvalue weighted by Gasteiger charge is 2.45. The van der Waals surface area contributed by atoms with Crippen LogP contribution in [0.5, 0.6) is 0 Å². The minimum absolute atomic E-state index is 0.157. The number of carboxylic acid groups (broad SMARTS) is 1. The van der Waals surface area contributed by atoms with Gasteiger partial charge < -0.3 is 16.2 Å². The Morgan fingerprint density at radius 3 is 2.75 bits per heavy atom. The first-order valence-corrected chi connectivity index (χ1v) is 6.81. The summed E-state index contributed by atoms with van der Waals surface area (Å²) in [5.41, 5.74) is 5.35. The number of aliphatic carboxylic acids is 1. The molecule has 1 saturated carbocycles. The van der Waals surface area contributed by atoms with Gasteiger partial charge in [0.1, 0.15) is 0 Å². The molecule has 0 saturated heterocycles. The summed E-state index contributed by atoms with van der Waals surface area (Å²) in [6.07, 6.45) is 2.30. The fourth-order valence-electron chi connectivity index (χ4n) is 2.66. The van der Waals surface area contributed by atoms with Gasteiger partial charge >= 0.3 is 5.97 Å². The zero-order chi connectivity index (χ0) is 14.9. The van der Waals surface area contributed by atoms with Crippen molar-refractivity contribution in [3.8, 4) is 0 Å². The van der Waals surface area contributed by atoms with E-state index in [9.17, 15) is 14.7 Å². The van der Waals surface area contributed by atoms with E-state index >= 15 is 0 Å². The van der Waals surface area contributed by atoms with Gasteiger partial charge in [0.25, 0.3) is 0 Å². The standard InChI is InChI=1S/C14H17ClN2O3/c1-14(13(19)20)6-2-3-11(14)17-8-4-5-9(12(16)18)10(15)7-8/h4-5,7,11,17H,2-3,6H2,1H3,(H2,16,18)(H,19,20). The second-order valence-electron chi connectivity index (χ2n) is 5.37. The number of halogens is 1. The van der Waals surface area contributed by atoms with Gasteiger partial charge in [-0.05, 0) is 38.0 Å².